The number of hydrogen-bond acceptors (Lipinski definition) is 4. The first-order chi connectivity index (χ1) is 11.6. The summed E-state index contributed by atoms with van der Waals surface area (Å²) in [5.74, 6) is 1.32. The molecule has 0 atom stereocenters. The number of nitrogens with zero attached hydrogens (tertiary/aromatic N) is 4. The predicted octanol–water partition coefficient (Wildman–Crippen LogP) is 3.55. The van der Waals surface area contributed by atoms with E-state index < -0.39 is 0 Å². The Morgan fingerprint density at radius 3 is 2.96 bits per heavy atom. The van der Waals surface area contributed by atoms with Crippen molar-refractivity contribution in [3.63, 3.8) is 0 Å². The molecule has 3 heterocycles. The van der Waals surface area contributed by atoms with Crippen LogP contribution in [-0.4, -0.2) is 19.2 Å². The SMILES string of the molecule is Cc1nnc2n(-c3cccc(Cl)c3)c(=O)c3c4c(sc3n12)CCC4. The number of hydrogen-bond donors (Lipinski definition) is 0. The Morgan fingerprint density at radius 1 is 1.25 bits per heavy atom. The summed E-state index contributed by atoms with van der Waals surface area (Å²) in [6.45, 7) is 1.91. The van der Waals surface area contributed by atoms with E-state index in [9.17, 15) is 4.79 Å². The number of thiophene rings is 1. The molecule has 0 aliphatic heterocycles. The summed E-state index contributed by atoms with van der Waals surface area (Å²) < 4.78 is 3.61. The lowest BCUT2D eigenvalue weighted by Crippen LogP contribution is -2.21. The van der Waals surface area contributed by atoms with E-state index in [1.54, 1.807) is 28.0 Å². The van der Waals surface area contributed by atoms with Crippen LogP contribution in [0.5, 0.6) is 0 Å². The molecule has 24 heavy (non-hydrogen) atoms. The van der Waals surface area contributed by atoms with Crippen LogP contribution in [0.3, 0.4) is 0 Å². The van der Waals surface area contributed by atoms with Gasteiger partial charge in [0.1, 0.15) is 10.7 Å². The molecule has 0 spiro atoms. The summed E-state index contributed by atoms with van der Waals surface area (Å²) in [6, 6.07) is 7.29. The molecule has 1 aromatic carbocycles. The van der Waals surface area contributed by atoms with Crippen LogP contribution in [0.25, 0.3) is 21.7 Å². The minimum atomic E-state index is -0.0356. The first kappa shape index (κ1) is 14.2. The molecule has 1 aliphatic rings. The highest BCUT2D eigenvalue weighted by molar-refractivity contribution is 7.19. The van der Waals surface area contributed by atoms with Gasteiger partial charge in [-0.25, -0.2) is 4.57 Å². The predicted molar refractivity (Wildman–Crippen MR) is 95.7 cm³/mol. The average molecular weight is 357 g/mol. The Hall–Kier alpha value is -2.18. The van der Waals surface area contributed by atoms with Crippen molar-refractivity contribution in [2.45, 2.75) is 26.2 Å². The van der Waals surface area contributed by atoms with Crippen LogP contribution in [0.4, 0.5) is 0 Å². The Labute approximate surface area is 146 Å². The van der Waals surface area contributed by atoms with Crippen molar-refractivity contribution in [2.24, 2.45) is 0 Å². The van der Waals surface area contributed by atoms with Crippen molar-refractivity contribution in [3.8, 4) is 5.69 Å². The van der Waals surface area contributed by atoms with Crippen molar-refractivity contribution in [1.29, 1.82) is 0 Å². The third-order valence-electron chi connectivity index (χ3n) is 4.60. The van der Waals surface area contributed by atoms with Crippen LogP contribution in [0.15, 0.2) is 29.1 Å². The molecule has 0 bridgehead atoms. The second kappa shape index (κ2) is 4.91. The van der Waals surface area contributed by atoms with Gasteiger partial charge in [0.15, 0.2) is 0 Å². The zero-order chi connectivity index (χ0) is 16.4. The molecule has 0 saturated heterocycles. The maximum absolute atomic E-state index is 13.3. The van der Waals surface area contributed by atoms with Crippen LogP contribution in [0.2, 0.25) is 5.02 Å². The number of fused-ring (bicyclic) bond motifs is 5. The quantitative estimate of drug-likeness (QED) is 0.524. The lowest BCUT2D eigenvalue weighted by Gasteiger charge is -2.09. The number of halogens is 1. The van der Waals surface area contributed by atoms with Gasteiger partial charge in [0, 0.05) is 9.90 Å². The number of benzene rings is 1. The van der Waals surface area contributed by atoms with Gasteiger partial charge in [-0.15, -0.1) is 21.5 Å². The van der Waals surface area contributed by atoms with Crippen molar-refractivity contribution >= 4 is 38.9 Å². The molecule has 4 aromatic rings. The van der Waals surface area contributed by atoms with E-state index >= 15 is 0 Å². The summed E-state index contributed by atoms with van der Waals surface area (Å²) in [7, 11) is 0. The monoisotopic (exact) mass is 356 g/mol. The van der Waals surface area contributed by atoms with Gasteiger partial charge in [-0.3, -0.25) is 9.20 Å². The van der Waals surface area contributed by atoms with Crippen LogP contribution in [0.1, 0.15) is 22.7 Å². The normalized spacial score (nSPS) is 13.9. The van der Waals surface area contributed by atoms with Gasteiger partial charge in [-0.1, -0.05) is 17.7 Å². The minimum absolute atomic E-state index is 0.0356. The highest BCUT2D eigenvalue weighted by atomic mass is 35.5. The van der Waals surface area contributed by atoms with E-state index in [0.29, 0.717) is 16.5 Å². The fraction of sp³-hybridized carbons (Fsp3) is 0.235. The largest absolute Gasteiger partial charge is 0.268 e. The van der Waals surface area contributed by atoms with Gasteiger partial charge >= 0.3 is 0 Å². The lowest BCUT2D eigenvalue weighted by atomic mass is 10.2. The Kier molecular flexibility index (Phi) is 2.90. The highest BCUT2D eigenvalue weighted by Gasteiger charge is 2.25. The number of aromatic nitrogens is 4. The zero-order valence-corrected chi connectivity index (χ0v) is 14.5. The van der Waals surface area contributed by atoms with Crippen LogP contribution >= 0.6 is 22.9 Å². The molecule has 1 aliphatic carbocycles. The average Bonchev–Trinajstić information content (AvgIpc) is 3.21. The number of aryl methyl sites for hydroxylation is 3. The third kappa shape index (κ3) is 1.78. The molecule has 0 radical (unpaired) electrons. The fourth-order valence-corrected chi connectivity index (χ4v) is 5.16. The summed E-state index contributed by atoms with van der Waals surface area (Å²) in [6.07, 6.45) is 3.13. The van der Waals surface area contributed by atoms with Crippen molar-refractivity contribution in [1.82, 2.24) is 19.2 Å². The standard InChI is InChI=1S/C17H13ClN4OS/c1-9-19-20-17-21(9)16-14(12-6-3-7-13(12)24-16)15(23)22(17)11-5-2-4-10(18)8-11/h2,4-5,8H,3,6-7H2,1H3. The first-order valence-electron chi connectivity index (χ1n) is 7.82. The van der Waals surface area contributed by atoms with E-state index in [2.05, 4.69) is 10.2 Å². The third-order valence-corrected chi connectivity index (χ3v) is 6.11. The second-order valence-corrected chi connectivity index (χ2v) is 7.56. The maximum Gasteiger partial charge on any atom is 0.268 e. The van der Waals surface area contributed by atoms with Crippen LogP contribution < -0.4 is 5.56 Å². The zero-order valence-electron chi connectivity index (χ0n) is 12.9. The van der Waals surface area contributed by atoms with Gasteiger partial charge < -0.3 is 0 Å². The molecule has 0 fully saturated rings. The van der Waals surface area contributed by atoms with Gasteiger partial charge in [-0.2, -0.15) is 0 Å². The van der Waals surface area contributed by atoms with Gasteiger partial charge in [0.05, 0.1) is 11.1 Å². The Bertz CT molecular complexity index is 1190. The topological polar surface area (TPSA) is 52.2 Å². The van der Waals surface area contributed by atoms with Gasteiger partial charge in [0.2, 0.25) is 5.78 Å². The molecule has 5 rings (SSSR count). The van der Waals surface area contributed by atoms with E-state index in [-0.39, 0.29) is 5.56 Å². The molecular formula is C17H13ClN4OS. The van der Waals surface area contributed by atoms with E-state index in [0.717, 1.165) is 35.3 Å². The Balaban J connectivity index is 2.02. The Morgan fingerprint density at radius 2 is 2.12 bits per heavy atom. The van der Waals surface area contributed by atoms with E-state index in [1.807, 2.05) is 23.5 Å². The summed E-state index contributed by atoms with van der Waals surface area (Å²) in [5, 5.41) is 9.86. The second-order valence-electron chi connectivity index (χ2n) is 6.04. The molecule has 0 amide bonds. The van der Waals surface area contributed by atoms with Crippen molar-refractivity contribution in [3.05, 3.63) is 55.9 Å². The van der Waals surface area contributed by atoms with E-state index in [1.165, 1.54) is 10.4 Å². The molecule has 120 valence electrons. The molecule has 0 N–H and O–H groups in total. The summed E-state index contributed by atoms with van der Waals surface area (Å²) in [4.78, 5) is 15.6. The van der Waals surface area contributed by atoms with Crippen LogP contribution in [0, 0.1) is 6.92 Å². The first-order valence-corrected chi connectivity index (χ1v) is 9.01. The smallest absolute Gasteiger partial charge is 0.268 e. The van der Waals surface area contributed by atoms with E-state index in [4.69, 9.17) is 11.6 Å². The maximum atomic E-state index is 13.3. The molecule has 0 saturated carbocycles. The summed E-state index contributed by atoms with van der Waals surface area (Å²) >= 11 is 7.84. The minimum Gasteiger partial charge on any atom is -0.268 e. The van der Waals surface area contributed by atoms with Crippen LogP contribution in [-0.2, 0) is 12.8 Å². The van der Waals surface area contributed by atoms with Gasteiger partial charge in [-0.05, 0) is 49.9 Å². The molecule has 5 nitrogen and oxygen atoms in total. The number of rotatable bonds is 1. The van der Waals surface area contributed by atoms with Gasteiger partial charge in [0.25, 0.3) is 5.56 Å². The lowest BCUT2D eigenvalue weighted by molar-refractivity contribution is 0.913. The molecule has 7 heteroatoms. The van der Waals surface area contributed by atoms with Crippen molar-refractivity contribution in [2.75, 3.05) is 0 Å². The van der Waals surface area contributed by atoms with Crippen molar-refractivity contribution < 1.29 is 0 Å². The fourth-order valence-electron chi connectivity index (χ4n) is 3.55. The molecule has 3 aromatic heterocycles. The molecule has 0 unspecified atom stereocenters. The molecular weight excluding hydrogens is 344 g/mol. The summed E-state index contributed by atoms with van der Waals surface area (Å²) in [5.41, 5.74) is 1.88. The highest BCUT2D eigenvalue weighted by Crippen LogP contribution is 2.36.